The van der Waals surface area contributed by atoms with Crippen molar-refractivity contribution < 1.29 is 18.7 Å². The Kier molecular flexibility index (Phi) is 5.53. The Morgan fingerprint density at radius 1 is 1.04 bits per heavy atom. The molecule has 1 amide bonds. The van der Waals surface area contributed by atoms with Crippen LogP contribution in [0.3, 0.4) is 0 Å². The van der Waals surface area contributed by atoms with Crippen molar-refractivity contribution >= 4 is 17.2 Å². The lowest BCUT2D eigenvalue weighted by Gasteiger charge is -2.12. The van der Waals surface area contributed by atoms with Crippen LogP contribution in [0.1, 0.15) is 15.2 Å². The summed E-state index contributed by atoms with van der Waals surface area (Å²) in [6, 6.07) is 15.5. The monoisotopic (exact) mass is 371 g/mol. The summed E-state index contributed by atoms with van der Waals surface area (Å²) in [6.07, 6.45) is 0. The van der Waals surface area contributed by atoms with Crippen molar-refractivity contribution in [3.8, 4) is 21.9 Å². The molecule has 6 heteroatoms. The summed E-state index contributed by atoms with van der Waals surface area (Å²) in [7, 11) is 3.12. The van der Waals surface area contributed by atoms with Crippen LogP contribution in [0, 0.1) is 5.82 Å². The van der Waals surface area contributed by atoms with Gasteiger partial charge in [-0.1, -0.05) is 30.3 Å². The number of rotatable bonds is 6. The minimum absolute atomic E-state index is 0.220. The Hall–Kier alpha value is -2.86. The van der Waals surface area contributed by atoms with E-state index in [4.69, 9.17) is 9.47 Å². The van der Waals surface area contributed by atoms with Gasteiger partial charge >= 0.3 is 0 Å². The number of carbonyl (C=O) groups is 1. The summed E-state index contributed by atoms with van der Waals surface area (Å²) in [4.78, 5) is 13.7. The number of ether oxygens (including phenoxy) is 2. The predicted molar refractivity (Wildman–Crippen MR) is 100 cm³/mol. The molecule has 1 heterocycles. The molecule has 0 fully saturated rings. The van der Waals surface area contributed by atoms with Gasteiger partial charge in [0.15, 0.2) is 11.5 Å². The number of hydrogen-bond acceptors (Lipinski definition) is 4. The fourth-order valence-corrected chi connectivity index (χ4v) is 3.57. The van der Waals surface area contributed by atoms with Gasteiger partial charge in [-0.25, -0.2) is 4.39 Å². The van der Waals surface area contributed by atoms with Crippen molar-refractivity contribution in [1.82, 2.24) is 5.32 Å². The molecule has 2 aromatic carbocycles. The van der Waals surface area contributed by atoms with Gasteiger partial charge < -0.3 is 14.8 Å². The van der Waals surface area contributed by atoms with Crippen LogP contribution in [-0.2, 0) is 6.54 Å². The molecule has 134 valence electrons. The predicted octanol–water partition coefficient (Wildman–Crippen LogP) is 4.50. The molecule has 0 bridgehead atoms. The molecular formula is C20H18FNO3S. The van der Waals surface area contributed by atoms with Gasteiger partial charge in [0.1, 0.15) is 5.82 Å². The Morgan fingerprint density at radius 2 is 1.85 bits per heavy atom. The third-order valence-corrected chi connectivity index (χ3v) is 5.01. The SMILES string of the molecule is COc1cccc(CNC(=O)c2ccc(-c3ccccc3F)s2)c1OC. The minimum Gasteiger partial charge on any atom is -0.493 e. The van der Waals surface area contributed by atoms with Gasteiger partial charge in [-0.15, -0.1) is 11.3 Å². The highest BCUT2D eigenvalue weighted by atomic mass is 32.1. The van der Waals surface area contributed by atoms with Gasteiger partial charge in [-0.3, -0.25) is 4.79 Å². The Balaban J connectivity index is 1.73. The fourth-order valence-electron chi connectivity index (χ4n) is 2.62. The molecule has 4 nitrogen and oxygen atoms in total. The number of amides is 1. The molecule has 26 heavy (non-hydrogen) atoms. The number of benzene rings is 2. The van der Waals surface area contributed by atoms with Crippen LogP contribution in [-0.4, -0.2) is 20.1 Å². The van der Waals surface area contributed by atoms with Crippen molar-refractivity contribution in [2.75, 3.05) is 14.2 Å². The van der Waals surface area contributed by atoms with E-state index in [0.717, 1.165) is 5.56 Å². The average molecular weight is 371 g/mol. The zero-order chi connectivity index (χ0) is 18.5. The van der Waals surface area contributed by atoms with Crippen LogP contribution in [0.2, 0.25) is 0 Å². The van der Waals surface area contributed by atoms with Gasteiger partial charge in [-0.05, 0) is 24.3 Å². The van der Waals surface area contributed by atoms with E-state index in [-0.39, 0.29) is 11.7 Å². The summed E-state index contributed by atoms with van der Waals surface area (Å²) in [6.45, 7) is 0.298. The maximum atomic E-state index is 13.9. The van der Waals surface area contributed by atoms with Gasteiger partial charge in [-0.2, -0.15) is 0 Å². The van der Waals surface area contributed by atoms with Crippen molar-refractivity contribution in [2.45, 2.75) is 6.54 Å². The number of nitrogens with one attached hydrogen (secondary N) is 1. The van der Waals surface area contributed by atoms with Crippen molar-refractivity contribution in [2.24, 2.45) is 0 Å². The first-order chi connectivity index (χ1) is 12.6. The van der Waals surface area contributed by atoms with E-state index in [1.165, 1.54) is 17.4 Å². The van der Waals surface area contributed by atoms with Crippen molar-refractivity contribution in [1.29, 1.82) is 0 Å². The van der Waals surface area contributed by atoms with Crippen LogP contribution in [0.15, 0.2) is 54.6 Å². The van der Waals surface area contributed by atoms with E-state index >= 15 is 0 Å². The number of methoxy groups -OCH3 is 2. The van der Waals surface area contributed by atoms with E-state index in [2.05, 4.69) is 5.32 Å². The second-order valence-electron chi connectivity index (χ2n) is 5.48. The van der Waals surface area contributed by atoms with Gasteiger partial charge in [0.25, 0.3) is 5.91 Å². The Morgan fingerprint density at radius 3 is 2.58 bits per heavy atom. The number of para-hydroxylation sites is 1. The molecule has 0 aliphatic rings. The summed E-state index contributed by atoms with van der Waals surface area (Å²) >= 11 is 1.25. The second-order valence-corrected chi connectivity index (χ2v) is 6.56. The average Bonchev–Trinajstić information content (AvgIpc) is 3.16. The number of halogens is 1. The van der Waals surface area contributed by atoms with Crippen LogP contribution in [0.5, 0.6) is 11.5 Å². The third-order valence-electron chi connectivity index (χ3n) is 3.89. The van der Waals surface area contributed by atoms with Crippen LogP contribution < -0.4 is 14.8 Å². The zero-order valence-corrected chi connectivity index (χ0v) is 15.2. The van der Waals surface area contributed by atoms with E-state index < -0.39 is 0 Å². The number of carbonyl (C=O) groups excluding carboxylic acids is 1. The molecule has 0 spiro atoms. The molecule has 0 saturated carbocycles. The lowest BCUT2D eigenvalue weighted by molar-refractivity contribution is 0.0954. The normalized spacial score (nSPS) is 10.4. The second kappa shape index (κ2) is 8.01. The third kappa shape index (κ3) is 3.70. The number of hydrogen-bond donors (Lipinski definition) is 1. The maximum Gasteiger partial charge on any atom is 0.261 e. The molecule has 0 aliphatic carbocycles. The van der Waals surface area contributed by atoms with Crippen molar-refractivity contribution in [3.63, 3.8) is 0 Å². The van der Waals surface area contributed by atoms with Crippen LogP contribution in [0.4, 0.5) is 4.39 Å². The van der Waals surface area contributed by atoms with Crippen LogP contribution in [0.25, 0.3) is 10.4 Å². The lowest BCUT2D eigenvalue weighted by atomic mass is 10.2. The summed E-state index contributed by atoms with van der Waals surface area (Å²) in [5.74, 6) is 0.677. The molecule has 3 rings (SSSR count). The van der Waals surface area contributed by atoms with E-state index in [1.54, 1.807) is 50.6 Å². The first-order valence-corrected chi connectivity index (χ1v) is 8.78. The van der Waals surface area contributed by atoms with Gasteiger partial charge in [0.2, 0.25) is 0 Å². The Bertz CT molecular complexity index is 923. The van der Waals surface area contributed by atoms with E-state index in [1.807, 2.05) is 12.1 Å². The lowest BCUT2D eigenvalue weighted by Crippen LogP contribution is -2.22. The standard InChI is InChI=1S/C20H18FNO3S/c1-24-16-9-5-6-13(19(16)25-2)12-22-20(23)18-11-10-17(26-18)14-7-3-4-8-15(14)21/h3-11H,12H2,1-2H3,(H,22,23). The maximum absolute atomic E-state index is 13.9. The molecule has 3 aromatic rings. The van der Waals surface area contributed by atoms with Crippen LogP contribution >= 0.6 is 11.3 Å². The molecule has 0 saturated heterocycles. The summed E-state index contributed by atoms with van der Waals surface area (Å²) in [5.41, 5.74) is 1.30. The number of thiophene rings is 1. The molecular weight excluding hydrogens is 353 g/mol. The first kappa shape index (κ1) is 17.9. The molecule has 0 unspecified atom stereocenters. The molecule has 0 aliphatic heterocycles. The highest BCUT2D eigenvalue weighted by molar-refractivity contribution is 7.17. The van der Waals surface area contributed by atoms with Gasteiger partial charge in [0, 0.05) is 22.5 Å². The minimum atomic E-state index is -0.303. The fraction of sp³-hybridized carbons (Fsp3) is 0.150. The van der Waals surface area contributed by atoms with E-state index in [9.17, 15) is 9.18 Å². The topological polar surface area (TPSA) is 47.6 Å². The quantitative estimate of drug-likeness (QED) is 0.694. The van der Waals surface area contributed by atoms with E-state index in [0.29, 0.717) is 33.4 Å². The molecule has 1 N–H and O–H groups in total. The summed E-state index contributed by atoms with van der Waals surface area (Å²) in [5, 5.41) is 2.86. The highest BCUT2D eigenvalue weighted by Gasteiger charge is 2.14. The van der Waals surface area contributed by atoms with Crippen molar-refractivity contribution in [3.05, 3.63) is 70.9 Å². The largest absolute Gasteiger partial charge is 0.493 e. The molecule has 0 radical (unpaired) electrons. The first-order valence-electron chi connectivity index (χ1n) is 7.97. The Labute approximate surface area is 155 Å². The smallest absolute Gasteiger partial charge is 0.261 e. The highest BCUT2D eigenvalue weighted by Crippen LogP contribution is 2.32. The zero-order valence-electron chi connectivity index (χ0n) is 14.4. The molecule has 1 aromatic heterocycles. The summed E-state index contributed by atoms with van der Waals surface area (Å²) < 4.78 is 24.5. The molecule has 0 atom stereocenters. The van der Waals surface area contributed by atoms with Gasteiger partial charge in [0.05, 0.1) is 19.1 Å².